The first-order valence-electron chi connectivity index (χ1n) is 6.39. The van der Waals surface area contributed by atoms with Gasteiger partial charge in [-0.25, -0.2) is 12.8 Å². The van der Waals surface area contributed by atoms with Crippen LogP contribution in [0.15, 0.2) is 23.1 Å². The number of benzene rings is 1. The van der Waals surface area contributed by atoms with Crippen LogP contribution < -0.4 is 5.73 Å². The van der Waals surface area contributed by atoms with Crippen molar-refractivity contribution in [2.24, 2.45) is 5.73 Å². The summed E-state index contributed by atoms with van der Waals surface area (Å²) in [6.45, 7) is 4.95. The Morgan fingerprint density at radius 1 is 1.45 bits per heavy atom. The molecule has 7 heteroatoms. The molecule has 112 valence electrons. The van der Waals surface area contributed by atoms with Crippen molar-refractivity contribution in [3.8, 4) is 0 Å². The zero-order chi connectivity index (χ0) is 15.0. The Bertz CT molecular complexity index is 602. The molecule has 1 aromatic carbocycles. The van der Waals surface area contributed by atoms with Crippen LogP contribution in [0.3, 0.4) is 0 Å². The molecule has 1 aliphatic rings. The van der Waals surface area contributed by atoms with Crippen LogP contribution in [0.5, 0.6) is 0 Å². The van der Waals surface area contributed by atoms with Crippen LogP contribution in [0.2, 0.25) is 0 Å². The van der Waals surface area contributed by atoms with E-state index in [0.717, 1.165) is 11.8 Å². The highest BCUT2D eigenvalue weighted by Gasteiger charge is 2.35. The minimum atomic E-state index is -3.70. The van der Waals surface area contributed by atoms with Gasteiger partial charge in [-0.05, 0) is 31.5 Å². The highest BCUT2D eigenvalue weighted by molar-refractivity contribution is 8.00. The van der Waals surface area contributed by atoms with Crippen LogP contribution in [-0.2, 0) is 16.6 Å². The molecule has 0 radical (unpaired) electrons. The molecule has 0 aromatic heterocycles. The zero-order valence-corrected chi connectivity index (χ0v) is 13.2. The molecule has 0 aliphatic carbocycles. The first-order chi connectivity index (χ1) is 9.26. The van der Waals surface area contributed by atoms with Gasteiger partial charge in [0.15, 0.2) is 0 Å². The topological polar surface area (TPSA) is 63.4 Å². The van der Waals surface area contributed by atoms with Gasteiger partial charge in [0.2, 0.25) is 10.0 Å². The van der Waals surface area contributed by atoms with Crippen LogP contribution >= 0.6 is 11.8 Å². The van der Waals surface area contributed by atoms with Crippen LogP contribution in [0.1, 0.15) is 19.4 Å². The molecule has 1 saturated heterocycles. The van der Waals surface area contributed by atoms with E-state index < -0.39 is 15.8 Å². The summed E-state index contributed by atoms with van der Waals surface area (Å²) in [5.41, 5.74) is 6.02. The summed E-state index contributed by atoms with van der Waals surface area (Å²) in [5.74, 6) is 0.172. The van der Waals surface area contributed by atoms with E-state index in [1.165, 1.54) is 16.4 Å². The quantitative estimate of drug-likeness (QED) is 0.923. The molecule has 0 bridgehead atoms. The molecule has 1 fully saturated rings. The van der Waals surface area contributed by atoms with Gasteiger partial charge in [-0.1, -0.05) is 6.07 Å². The molecule has 1 heterocycles. The molecule has 2 rings (SSSR count). The number of thioether (sulfide) groups is 1. The van der Waals surface area contributed by atoms with Gasteiger partial charge >= 0.3 is 0 Å². The van der Waals surface area contributed by atoms with E-state index in [1.54, 1.807) is 11.8 Å². The van der Waals surface area contributed by atoms with Crippen molar-refractivity contribution in [1.82, 2.24) is 4.31 Å². The minimum Gasteiger partial charge on any atom is -0.326 e. The van der Waals surface area contributed by atoms with Crippen molar-refractivity contribution < 1.29 is 12.8 Å². The van der Waals surface area contributed by atoms with Crippen molar-refractivity contribution in [2.45, 2.75) is 30.0 Å². The van der Waals surface area contributed by atoms with E-state index in [1.807, 2.05) is 13.8 Å². The Morgan fingerprint density at radius 3 is 2.75 bits per heavy atom. The fourth-order valence-electron chi connectivity index (χ4n) is 2.25. The Kier molecular flexibility index (Phi) is 4.44. The number of nitrogens with zero attached hydrogens (tertiary/aromatic N) is 1. The molecule has 0 spiro atoms. The van der Waals surface area contributed by atoms with E-state index in [9.17, 15) is 12.8 Å². The number of rotatable bonds is 3. The Labute approximate surface area is 123 Å². The standard InChI is InChI=1S/C13H19FN2O2S2/c1-13(2)9-16(5-6-19-13)20(17,18)12-7-11(14)4-3-10(12)8-15/h3-4,7H,5-6,8-9,15H2,1-2H3. The van der Waals surface area contributed by atoms with Crippen molar-refractivity contribution in [2.75, 3.05) is 18.8 Å². The predicted octanol–water partition coefficient (Wildman–Crippen LogP) is 1.80. The summed E-state index contributed by atoms with van der Waals surface area (Å²) in [5, 5.41) is 0. The molecule has 20 heavy (non-hydrogen) atoms. The molecule has 2 N–H and O–H groups in total. The van der Waals surface area contributed by atoms with Crippen LogP contribution in [0.4, 0.5) is 4.39 Å². The SMILES string of the molecule is CC1(C)CN(S(=O)(=O)c2cc(F)ccc2CN)CCS1. The van der Waals surface area contributed by atoms with Gasteiger partial charge in [0.05, 0.1) is 4.90 Å². The van der Waals surface area contributed by atoms with Crippen LogP contribution in [0.25, 0.3) is 0 Å². The van der Waals surface area contributed by atoms with Gasteiger partial charge in [-0.2, -0.15) is 16.1 Å². The molecule has 0 saturated carbocycles. The number of halogens is 1. The smallest absolute Gasteiger partial charge is 0.243 e. The molecular formula is C13H19FN2O2S2. The largest absolute Gasteiger partial charge is 0.326 e. The maximum atomic E-state index is 13.4. The maximum absolute atomic E-state index is 13.4. The lowest BCUT2D eigenvalue weighted by molar-refractivity contribution is 0.387. The van der Waals surface area contributed by atoms with E-state index >= 15 is 0 Å². The third-order valence-electron chi connectivity index (χ3n) is 3.26. The first kappa shape index (κ1) is 15.8. The third-order valence-corrected chi connectivity index (χ3v) is 6.48. The molecule has 0 amide bonds. The summed E-state index contributed by atoms with van der Waals surface area (Å²) in [7, 11) is -3.70. The van der Waals surface area contributed by atoms with Gasteiger partial charge < -0.3 is 5.73 Å². The van der Waals surface area contributed by atoms with Crippen molar-refractivity contribution in [3.05, 3.63) is 29.6 Å². The lowest BCUT2D eigenvalue weighted by atomic mass is 10.2. The second kappa shape index (κ2) is 5.63. The van der Waals surface area contributed by atoms with Crippen molar-refractivity contribution in [1.29, 1.82) is 0 Å². The fraction of sp³-hybridized carbons (Fsp3) is 0.538. The monoisotopic (exact) mass is 318 g/mol. The van der Waals surface area contributed by atoms with Gasteiger partial charge in [0, 0.05) is 30.1 Å². The van der Waals surface area contributed by atoms with E-state index in [-0.39, 0.29) is 16.2 Å². The number of sulfonamides is 1. The Balaban J connectivity index is 2.42. The van der Waals surface area contributed by atoms with Gasteiger partial charge in [0.1, 0.15) is 5.82 Å². The van der Waals surface area contributed by atoms with Crippen molar-refractivity contribution >= 4 is 21.8 Å². The Morgan fingerprint density at radius 2 is 2.15 bits per heavy atom. The summed E-state index contributed by atoms with van der Waals surface area (Å²) in [6, 6.07) is 3.73. The lowest BCUT2D eigenvalue weighted by Gasteiger charge is -2.36. The normalized spacial score (nSPS) is 20.0. The second-order valence-electron chi connectivity index (χ2n) is 5.40. The second-order valence-corrected chi connectivity index (χ2v) is 9.11. The van der Waals surface area contributed by atoms with Gasteiger partial charge in [-0.3, -0.25) is 0 Å². The first-order valence-corrected chi connectivity index (χ1v) is 8.81. The minimum absolute atomic E-state index is 0.0114. The van der Waals surface area contributed by atoms with E-state index in [4.69, 9.17) is 5.73 Å². The van der Waals surface area contributed by atoms with Crippen LogP contribution in [-0.4, -0.2) is 36.3 Å². The summed E-state index contributed by atoms with van der Waals surface area (Å²) >= 11 is 1.74. The molecule has 4 nitrogen and oxygen atoms in total. The lowest BCUT2D eigenvalue weighted by Crippen LogP contribution is -2.46. The highest BCUT2D eigenvalue weighted by atomic mass is 32.2. The number of nitrogens with two attached hydrogens (primary N) is 1. The predicted molar refractivity (Wildman–Crippen MR) is 79.6 cm³/mol. The van der Waals surface area contributed by atoms with Gasteiger partial charge in [-0.15, -0.1) is 0 Å². The Hall–Kier alpha value is -0.630. The van der Waals surface area contributed by atoms with Crippen LogP contribution in [0, 0.1) is 5.82 Å². The molecule has 1 aromatic rings. The molecular weight excluding hydrogens is 299 g/mol. The van der Waals surface area contributed by atoms with E-state index in [2.05, 4.69) is 0 Å². The van der Waals surface area contributed by atoms with Gasteiger partial charge in [0.25, 0.3) is 0 Å². The summed E-state index contributed by atoms with van der Waals surface area (Å²) in [6.07, 6.45) is 0. The molecule has 0 atom stereocenters. The van der Waals surface area contributed by atoms with E-state index in [0.29, 0.717) is 18.7 Å². The molecule has 0 unspecified atom stereocenters. The zero-order valence-electron chi connectivity index (χ0n) is 11.6. The summed E-state index contributed by atoms with van der Waals surface area (Å²) in [4.78, 5) is -0.0114. The van der Waals surface area contributed by atoms with Crippen molar-refractivity contribution in [3.63, 3.8) is 0 Å². The molecule has 1 aliphatic heterocycles. The number of hydrogen-bond donors (Lipinski definition) is 1. The third kappa shape index (κ3) is 3.16. The summed E-state index contributed by atoms with van der Waals surface area (Å²) < 4.78 is 40.1. The fourth-order valence-corrected chi connectivity index (χ4v) is 5.41. The average molecular weight is 318 g/mol. The maximum Gasteiger partial charge on any atom is 0.243 e. The average Bonchev–Trinajstić information content (AvgIpc) is 2.37. The number of hydrogen-bond acceptors (Lipinski definition) is 4. The highest BCUT2D eigenvalue weighted by Crippen LogP contribution is 2.33.